The average molecular weight is 264 g/mol. The molecule has 0 atom stereocenters. The van der Waals surface area contributed by atoms with Crippen molar-refractivity contribution in [1.82, 2.24) is 10.1 Å². The first-order valence-corrected chi connectivity index (χ1v) is 6.71. The summed E-state index contributed by atoms with van der Waals surface area (Å²) in [5.41, 5.74) is 1.71. The van der Waals surface area contributed by atoms with E-state index in [0.29, 0.717) is 11.7 Å². The average Bonchev–Trinajstić information content (AvgIpc) is 2.85. The minimum Gasteiger partial charge on any atom is -0.338 e. The number of rotatable bonds is 3. The van der Waals surface area contributed by atoms with Gasteiger partial charge in [-0.05, 0) is 17.9 Å². The van der Waals surface area contributed by atoms with Gasteiger partial charge in [0.1, 0.15) is 5.78 Å². The summed E-state index contributed by atoms with van der Waals surface area (Å²) in [5.74, 6) is 1.04. The first-order chi connectivity index (χ1) is 8.38. The Labute approximate surface area is 110 Å². The summed E-state index contributed by atoms with van der Waals surface area (Å²) < 4.78 is 5.13. The maximum Gasteiger partial charge on any atom is 0.234 e. The molecule has 0 saturated heterocycles. The molecular formula is C13H16N2O2S. The second-order valence-corrected chi connectivity index (χ2v) is 6.07. The monoisotopic (exact) mass is 264 g/mol. The van der Waals surface area contributed by atoms with E-state index in [1.165, 1.54) is 0 Å². The van der Waals surface area contributed by atoms with Crippen molar-refractivity contribution in [3.63, 3.8) is 0 Å². The molecule has 0 amide bonds. The molecule has 0 fully saturated rings. The number of aromatic nitrogens is 2. The third kappa shape index (κ3) is 2.67. The van der Waals surface area contributed by atoms with Crippen molar-refractivity contribution < 1.29 is 9.32 Å². The number of hydrogen-bond donors (Lipinski definition) is 0. The Hall–Kier alpha value is -1.49. The normalized spacial score (nSPS) is 11.8. The lowest BCUT2D eigenvalue weighted by molar-refractivity contribution is -0.125. The molecule has 2 heterocycles. The van der Waals surface area contributed by atoms with E-state index < -0.39 is 0 Å². The molecule has 2 aromatic rings. The Balaban J connectivity index is 2.17. The molecule has 2 rings (SSSR count). The van der Waals surface area contributed by atoms with Crippen LogP contribution in [0.1, 0.15) is 32.2 Å². The molecule has 0 spiro atoms. The fourth-order valence-electron chi connectivity index (χ4n) is 1.43. The maximum absolute atomic E-state index is 11.9. The number of thiophene rings is 1. The Morgan fingerprint density at radius 3 is 2.67 bits per heavy atom. The summed E-state index contributed by atoms with van der Waals surface area (Å²) in [7, 11) is 0. The minimum absolute atomic E-state index is 0.0970. The Morgan fingerprint density at radius 2 is 2.11 bits per heavy atom. The summed E-state index contributed by atoms with van der Waals surface area (Å²) >= 11 is 1.60. The summed E-state index contributed by atoms with van der Waals surface area (Å²) in [5, 5.41) is 7.94. The van der Waals surface area contributed by atoms with Gasteiger partial charge in [-0.25, -0.2) is 0 Å². The van der Waals surface area contributed by atoms with Gasteiger partial charge >= 0.3 is 0 Å². The zero-order valence-electron chi connectivity index (χ0n) is 11.0. The highest BCUT2D eigenvalue weighted by molar-refractivity contribution is 7.08. The largest absolute Gasteiger partial charge is 0.338 e. The quantitative estimate of drug-likeness (QED) is 0.853. The molecule has 0 bridgehead atoms. The molecule has 4 nitrogen and oxygen atoms in total. The highest BCUT2D eigenvalue weighted by atomic mass is 32.1. The lowest BCUT2D eigenvalue weighted by atomic mass is 9.89. The zero-order chi connectivity index (χ0) is 13.3. The van der Waals surface area contributed by atoms with Gasteiger partial charge in [-0.15, -0.1) is 0 Å². The smallest absolute Gasteiger partial charge is 0.234 e. The summed E-state index contributed by atoms with van der Waals surface area (Å²) in [4.78, 5) is 16.1. The van der Waals surface area contributed by atoms with Gasteiger partial charge in [-0.2, -0.15) is 16.3 Å². The standard InChI is InChI=1S/C13H16N2O2S/c1-8-6-18-7-9(8)12-14-11(17-15-12)5-10(16)13(2,3)4/h6-7H,5H2,1-4H3. The van der Waals surface area contributed by atoms with E-state index in [1.54, 1.807) is 11.3 Å². The molecule has 2 aromatic heterocycles. The lowest BCUT2D eigenvalue weighted by Crippen LogP contribution is -2.22. The van der Waals surface area contributed by atoms with Gasteiger partial charge in [-0.3, -0.25) is 4.79 Å². The van der Waals surface area contributed by atoms with Crippen molar-refractivity contribution in [2.75, 3.05) is 0 Å². The molecule has 5 heteroatoms. The first kappa shape index (κ1) is 13.0. The van der Waals surface area contributed by atoms with E-state index in [4.69, 9.17) is 4.52 Å². The third-order valence-electron chi connectivity index (χ3n) is 2.71. The van der Waals surface area contributed by atoms with Crippen LogP contribution in [0, 0.1) is 12.3 Å². The number of nitrogens with zero attached hydrogens (tertiary/aromatic N) is 2. The first-order valence-electron chi connectivity index (χ1n) is 5.77. The Kier molecular flexibility index (Phi) is 3.34. The predicted molar refractivity (Wildman–Crippen MR) is 70.5 cm³/mol. The van der Waals surface area contributed by atoms with E-state index in [-0.39, 0.29) is 17.6 Å². The van der Waals surface area contributed by atoms with Gasteiger partial charge in [0.05, 0.1) is 6.42 Å². The van der Waals surface area contributed by atoms with Crippen molar-refractivity contribution in [1.29, 1.82) is 0 Å². The molecule has 18 heavy (non-hydrogen) atoms. The maximum atomic E-state index is 11.9. The zero-order valence-corrected chi connectivity index (χ0v) is 11.8. The van der Waals surface area contributed by atoms with Crippen molar-refractivity contribution >= 4 is 17.1 Å². The topological polar surface area (TPSA) is 56.0 Å². The van der Waals surface area contributed by atoms with Crippen LogP contribution in [0.25, 0.3) is 11.4 Å². The SMILES string of the molecule is Cc1cscc1-c1noc(CC(=O)C(C)(C)C)n1. The van der Waals surface area contributed by atoms with Crippen molar-refractivity contribution in [3.8, 4) is 11.4 Å². The van der Waals surface area contributed by atoms with Gasteiger partial charge in [0, 0.05) is 16.4 Å². The van der Waals surface area contributed by atoms with E-state index >= 15 is 0 Å². The van der Waals surface area contributed by atoms with Crippen LogP contribution in [0.2, 0.25) is 0 Å². The highest BCUT2D eigenvalue weighted by Gasteiger charge is 2.24. The van der Waals surface area contributed by atoms with E-state index in [9.17, 15) is 4.79 Å². The van der Waals surface area contributed by atoms with Crippen LogP contribution in [0.5, 0.6) is 0 Å². The van der Waals surface area contributed by atoms with Crippen molar-refractivity contribution in [3.05, 3.63) is 22.2 Å². The van der Waals surface area contributed by atoms with Crippen molar-refractivity contribution in [2.45, 2.75) is 34.1 Å². The van der Waals surface area contributed by atoms with Gasteiger partial charge in [0.15, 0.2) is 0 Å². The van der Waals surface area contributed by atoms with Crippen LogP contribution < -0.4 is 0 Å². The number of ketones is 1. The van der Waals surface area contributed by atoms with Crippen LogP contribution in [-0.2, 0) is 11.2 Å². The molecule has 0 aromatic carbocycles. The number of hydrogen-bond acceptors (Lipinski definition) is 5. The molecule has 0 aliphatic carbocycles. The number of aryl methyl sites for hydroxylation is 1. The minimum atomic E-state index is -0.382. The highest BCUT2D eigenvalue weighted by Crippen LogP contribution is 2.25. The predicted octanol–water partition coefficient (Wildman–Crippen LogP) is 3.26. The van der Waals surface area contributed by atoms with Crippen molar-refractivity contribution in [2.24, 2.45) is 5.41 Å². The molecule has 0 aliphatic heterocycles. The summed E-state index contributed by atoms with van der Waals surface area (Å²) in [6, 6.07) is 0. The lowest BCUT2D eigenvalue weighted by Gasteiger charge is -2.14. The van der Waals surface area contributed by atoms with Crippen LogP contribution in [0.4, 0.5) is 0 Å². The summed E-state index contributed by atoms with van der Waals surface area (Å²) in [6.45, 7) is 7.66. The van der Waals surface area contributed by atoms with E-state index in [1.807, 2.05) is 38.5 Å². The molecule has 0 unspecified atom stereocenters. The molecule has 0 aliphatic rings. The second-order valence-electron chi connectivity index (χ2n) is 5.33. The number of carbonyl (C=O) groups excluding carboxylic acids is 1. The van der Waals surface area contributed by atoms with Crippen LogP contribution >= 0.6 is 11.3 Å². The fraction of sp³-hybridized carbons (Fsp3) is 0.462. The van der Waals surface area contributed by atoms with Gasteiger partial charge in [-0.1, -0.05) is 25.9 Å². The molecule has 0 N–H and O–H groups in total. The van der Waals surface area contributed by atoms with Crippen LogP contribution in [0.3, 0.4) is 0 Å². The van der Waals surface area contributed by atoms with Gasteiger partial charge in [0.2, 0.25) is 11.7 Å². The molecule has 96 valence electrons. The van der Waals surface area contributed by atoms with Crippen LogP contribution in [0.15, 0.2) is 15.3 Å². The fourth-order valence-corrected chi connectivity index (χ4v) is 2.25. The van der Waals surface area contributed by atoms with E-state index in [2.05, 4.69) is 10.1 Å². The van der Waals surface area contributed by atoms with Gasteiger partial charge < -0.3 is 4.52 Å². The molecule has 0 saturated carbocycles. The van der Waals surface area contributed by atoms with Gasteiger partial charge in [0.25, 0.3) is 0 Å². The van der Waals surface area contributed by atoms with Crippen LogP contribution in [-0.4, -0.2) is 15.9 Å². The summed E-state index contributed by atoms with van der Waals surface area (Å²) in [6.07, 6.45) is 0.194. The number of Topliss-reactive ketones (excluding diaryl/α,β-unsaturated/α-hetero) is 1. The number of carbonyl (C=O) groups is 1. The molecule has 0 radical (unpaired) electrons. The third-order valence-corrected chi connectivity index (χ3v) is 3.57. The Morgan fingerprint density at radius 1 is 1.39 bits per heavy atom. The molecular weight excluding hydrogens is 248 g/mol. The van der Waals surface area contributed by atoms with E-state index in [0.717, 1.165) is 11.1 Å². The second kappa shape index (κ2) is 4.65. The Bertz CT molecular complexity index is 564.